The number of carbonyl (C=O) groups is 1. The Hall–Kier alpha value is -2.24. The van der Waals surface area contributed by atoms with Crippen LogP contribution in [0.5, 0.6) is 0 Å². The fraction of sp³-hybridized carbons (Fsp3) is 0.429. The molecule has 0 aromatic carbocycles. The first-order valence-electron chi connectivity index (χ1n) is 6.83. The molecule has 0 radical (unpaired) electrons. The van der Waals surface area contributed by atoms with Gasteiger partial charge in [-0.2, -0.15) is 4.98 Å². The van der Waals surface area contributed by atoms with Gasteiger partial charge in [0.1, 0.15) is 0 Å². The third kappa shape index (κ3) is 2.84. The lowest BCUT2D eigenvalue weighted by atomic mass is 9.85. The predicted molar refractivity (Wildman–Crippen MR) is 71.6 cm³/mol. The number of carbonyl (C=O) groups excluding carboxylic acids is 1. The number of hydrogen-bond acceptors (Lipinski definition) is 5. The van der Waals surface area contributed by atoms with Gasteiger partial charge in [0.25, 0.3) is 5.89 Å². The Morgan fingerprint density at radius 2 is 2.15 bits per heavy atom. The van der Waals surface area contributed by atoms with E-state index in [4.69, 9.17) is 4.52 Å². The van der Waals surface area contributed by atoms with Gasteiger partial charge in [-0.3, -0.25) is 9.78 Å². The fourth-order valence-corrected chi connectivity index (χ4v) is 2.08. The second-order valence-electron chi connectivity index (χ2n) is 4.92. The van der Waals surface area contributed by atoms with Crippen molar-refractivity contribution in [1.29, 1.82) is 0 Å². The van der Waals surface area contributed by atoms with E-state index >= 15 is 0 Å². The topological polar surface area (TPSA) is 80.9 Å². The van der Waals surface area contributed by atoms with Gasteiger partial charge in [-0.1, -0.05) is 11.6 Å². The molecule has 6 heteroatoms. The number of nitrogens with zero attached hydrogens (tertiary/aromatic N) is 3. The van der Waals surface area contributed by atoms with E-state index in [-0.39, 0.29) is 11.8 Å². The van der Waals surface area contributed by atoms with Crippen LogP contribution in [0.3, 0.4) is 0 Å². The molecule has 0 bridgehead atoms. The first-order chi connectivity index (χ1) is 9.83. The first-order valence-corrected chi connectivity index (χ1v) is 6.83. The van der Waals surface area contributed by atoms with Crippen molar-refractivity contribution in [2.24, 2.45) is 5.92 Å². The van der Waals surface area contributed by atoms with Crippen molar-refractivity contribution in [3.63, 3.8) is 0 Å². The average Bonchev–Trinajstić information content (AvgIpc) is 2.86. The monoisotopic (exact) mass is 272 g/mol. The minimum Gasteiger partial charge on any atom is -0.355 e. The molecule has 0 saturated heterocycles. The van der Waals surface area contributed by atoms with Crippen LogP contribution in [0.15, 0.2) is 29.0 Å². The van der Waals surface area contributed by atoms with Crippen molar-refractivity contribution < 1.29 is 9.32 Å². The molecule has 6 nitrogen and oxygen atoms in total. The van der Waals surface area contributed by atoms with E-state index in [1.807, 2.05) is 12.1 Å². The molecular formula is C14H16N4O2. The molecule has 2 aromatic heterocycles. The normalized spacial score (nSPS) is 14.8. The minimum absolute atomic E-state index is 0.147. The van der Waals surface area contributed by atoms with Gasteiger partial charge in [0.05, 0.1) is 0 Å². The smallest absolute Gasteiger partial charge is 0.258 e. The molecule has 0 unspecified atom stereocenters. The second kappa shape index (κ2) is 5.81. The molecule has 20 heavy (non-hydrogen) atoms. The van der Waals surface area contributed by atoms with E-state index in [9.17, 15) is 4.79 Å². The van der Waals surface area contributed by atoms with Gasteiger partial charge in [-0.15, -0.1) is 0 Å². The highest BCUT2D eigenvalue weighted by Crippen LogP contribution is 2.26. The molecular weight excluding hydrogens is 256 g/mol. The van der Waals surface area contributed by atoms with Gasteiger partial charge in [0.2, 0.25) is 5.91 Å². The van der Waals surface area contributed by atoms with E-state index in [0.29, 0.717) is 24.7 Å². The van der Waals surface area contributed by atoms with Crippen LogP contribution in [0.1, 0.15) is 25.1 Å². The minimum atomic E-state index is 0.147. The van der Waals surface area contributed by atoms with Crippen LogP contribution in [0.25, 0.3) is 11.5 Å². The zero-order valence-corrected chi connectivity index (χ0v) is 11.1. The average molecular weight is 272 g/mol. The van der Waals surface area contributed by atoms with E-state index in [1.54, 1.807) is 12.4 Å². The third-order valence-electron chi connectivity index (χ3n) is 3.52. The number of amides is 1. The Kier molecular flexibility index (Phi) is 3.71. The summed E-state index contributed by atoms with van der Waals surface area (Å²) in [6.07, 6.45) is 7.13. The van der Waals surface area contributed by atoms with Crippen LogP contribution in [-0.2, 0) is 11.2 Å². The summed E-state index contributed by atoms with van der Waals surface area (Å²) in [6, 6.07) is 3.63. The Morgan fingerprint density at radius 3 is 2.85 bits per heavy atom. The molecule has 104 valence electrons. The molecule has 0 atom stereocenters. The molecule has 0 spiro atoms. The van der Waals surface area contributed by atoms with Gasteiger partial charge in [0.15, 0.2) is 5.82 Å². The van der Waals surface area contributed by atoms with Crippen molar-refractivity contribution >= 4 is 5.91 Å². The van der Waals surface area contributed by atoms with Gasteiger partial charge in [-0.05, 0) is 25.0 Å². The van der Waals surface area contributed by atoms with Crippen LogP contribution >= 0.6 is 0 Å². The lowest BCUT2D eigenvalue weighted by Gasteiger charge is -2.23. The van der Waals surface area contributed by atoms with Crippen molar-refractivity contribution in [3.8, 4) is 11.5 Å². The number of aromatic nitrogens is 3. The fourth-order valence-electron chi connectivity index (χ4n) is 2.08. The van der Waals surface area contributed by atoms with Gasteiger partial charge >= 0.3 is 0 Å². The van der Waals surface area contributed by atoms with Crippen molar-refractivity contribution in [2.45, 2.75) is 25.7 Å². The molecule has 1 N–H and O–H groups in total. The zero-order valence-electron chi connectivity index (χ0n) is 11.1. The number of hydrogen-bond donors (Lipinski definition) is 1. The molecule has 1 amide bonds. The van der Waals surface area contributed by atoms with Gasteiger partial charge in [0, 0.05) is 36.8 Å². The number of nitrogens with one attached hydrogen (secondary N) is 1. The maximum atomic E-state index is 11.7. The summed E-state index contributed by atoms with van der Waals surface area (Å²) in [5.74, 6) is 1.44. The summed E-state index contributed by atoms with van der Waals surface area (Å²) in [5, 5.41) is 6.82. The zero-order chi connectivity index (χ0) is 13.8. The molecule has 2 aromatic rings. The Balaban J connectivity index is 1.51. The number of pyridine rings is 1. The highest BCUT2D eigenvalue weighted by atomic mass is 16.5. The molecule has 0 aliphatic heterocycles. The van der Waals surface area contributed by atoms with E-state index in [1.165, 1.54) is 0 Å². The Labute approximate surface area is 116 Å². The van der Waals surface area contributed by atoms with E-state index in [2.05, 4.69) is 20.4 Å². The molecule has 3 rings (SSSR count). The first kappa shape index (κ1) is 12.8. The van der Waals surface area contributed by atoms with Crippen LogP contribution < -0.4 is 5.32 Å². The Morgan fingerprint density at radius 1 is 1.35 bits per heavy atom. The van der Waals surface area contributed by atoms with Crippen LogP contribution in [0.2, 0.25) is 0 Å². The summed E-state index contributed by atoms with van der Waals surface area (Å²) < 4.78 is 5.19. The Bertz CT molecular complexity index is 578. The van der Waals surface area contributed by atoms with Gasteiger partial charge < -0.3 is 9.84 Å². The highest BCUT2D eigenvalue weighted by Gasteiger charge is 2.24. The van der Waals surface area contributed by atoms with Crippen molar-refractivity contribution in [1.82, 2.24) is 20.4 Å². The largest absolute Gasteiger partial charge is 0.355 e. The summed E-state index contributed by atoms with van der Waals surface area (Å²) in [6.45, 7) is 0.546. The van der Waals surface area contributed by atoms with Crippen LogP contribution in [0.4, 0.5) is 0 Å². The molecule has 1 fully saturated rings. The van der Waals surface area contributed by atoms with Crippen molar-refractivity contribution in [2.75, 3.05) is 6.54 Å². The number of rotatable bonds is 5. The SMILES string of the molecule is O=C(NCCc1noc(-c2ccncc2)n1)C1CCC1. The van der Waals surface area contributed by atoms with Gasteiger partial charge in [-0.25, -0.2) is 0 Å². The summed E-state index contributed by atoms with van der Waals surface area (Å²) in [5.41, 5.74) is 0.845. The van der Waals surface area contributed by atoms with E-state index < -0.39 is 0 Å². The maximum Gasteiger partial charge on any atom is 0.258 e. The maximum absolute atomic E-state index is 11.7. The van der Waals surface area contributed by atoms with E-state index in [0.717, 1.165) is 24.8 Å². The molecule has 1 saturated carbocycles. The highest BCUT2D eigenvalue weighted by molar-refractivity contribution is 5.79. The quantitative estimate of drug-likeness (QED) is 0.894. The summed E-state index contributed by atoms with van der Waals surface area (Å²) >= 11 is 0. The molecule has 1 aliphatic rings. The standard InChI is InChI=1S/C14H16N4O2/c19-13(10-2-1-3-10)16-9-6-12-17-14(20-18-12)11-4-7-15-8-5-11/h4-5,7-8,10H,1-3,6,9H2,(H,16,19). The van der Waals surface area contributed by atoms with Crippen LogP contribution in [0, 0.1) is 5.92 Å². The lowest BCUT2D eigenvalue weighted by molar-refractivity contribution is -0.127. The summed E-state index contributed by atoms with van der Waals surface area (Å²) in [7, 11) is 0. The van der Waals surface area contributed by atoms with Crippen molar-refractivity contribution in [3.05, 3.63) is 30.4 Å². The van der Waals surface area contributed by atoms with Crippen LogP contribution in [-0.4, -0.2) is 27.6 Å². The second-order valence-corrected chi connectivity index (χ2v) is 4.92. The lowest BCUT2D eigenvalue weighted by Crippen LogP contribution is -2.35. The third-order valence-corrected chi connectivity index (χ3v) is 3.52. The summed E-state index contributed by atoms with van der Waals surface area (Å²) in [4.78, 5) is 19.9. The molecule has 1 aliphatic carbocycles. The molecule has 2 heterocycles. The predicted octanol–water partition coefficient (Wildman–Crippen LogP) is 1.59.